The zero-order chi connectivity index (χ0) is 12.4. The number of halogens is 1. The molecule has 2 amide bonds. The first-order chi connectivity index (χ1) is 8.13. The van der Waals surface area contributed by atoms with Gasteiger partial charge in [0, 0.05) is 6.54 Å². The van der Waals surface area contributed by atoms with Crippen molar-refractivity contribution in [2.24, 2.45) is 5.92 Å². The Balaban J connectivity index is 2.45. The van der Waals surface area contributed by atoms with Gasteiger partial charge in [-0.25, -0.2) is 0 Å². The van der Waals surface area contributed by atoms with Crippen LogP contribution < -0.4 is 10.2 Å². The van der Waals surface area contributed by atoms with Crippen molar-refractivity contribution in [2.75, 3.05) is 22.1 Å². The minimum atomic E-state index is -0.217. The van der Waals surface area contributed by atoms with Gasteiger partial charge in [-0.05, 0) is 12.1 Å². The number of anilines is 2. The molecule has 0 aliphatic carbocycles. The predicted molar refractivity (Wildman–Crippen MR) is 70.4 cm³/mol. The molecule has 1 aromatic carbocycles. The van der Waals surface area contributed by atoms with Crippen LogP contribution in [0, 0.1) is 5.92 Å². The third kappa shape index (κ3) is 2.34. The second kappa shape index (κ2) is 4.87. The number of alkyl halides is 1. The summed E-state index contributed by atoms with van der Waals surface area (Å²) >= 11 is 3.17. The number of carbonyl (C=O) groups excluding carboxylic acids is 2. The van der Waals surface area contributed by atoms with Crippen LogP contribution in [0.2, 0.25) is 0 Å². The van der Waals surface area contributed by atoms with Gasteiger partial charge in [0.15, 0.2) is 0 Å². The Bertz CT molecular complexity index is 462. The Labute approximate surface area is 108 Å². The Morgan fingerprint density at radius 3 is 2.94 bits per heavy atom. The summed E-state index contributed by atoms with van der Waals surface area (Å²) in [5, 5.41) is 3.09. The summed E-state index contributed by atoms with van der Waals surface area (Å²) in [6, 6.07) is 7.34. The molecule has 0 saturated heterocycles. The molecule has 0 aromatic heterocycles. The molecule has 1 aliphatic rings. The average molecular weight is 297 g/mol. The van der Waals surface area contributed by atoms with E-state index in [2.05, 4.69) is 21.2 Å². The van der Waals surface area contributed by atoms with Crippen LogP contribution >= 0.6 is 15.9 Å². The van der Waals surface area contributed by atoms with Crippen LogP contribution in [0.3, 0.4) is 0 Å². The van der Waals surface area contributed by atoms with Crippen LogP contribution in [0.15, 0.2) is 24.3 Å². The van der Waals surface area contributed by atoms with Gasteiger partial charge in [-0.2, -0.15) is 0 Å². The van der Waals surface area contributed by atoms with Gasteiger partial charge in [0.1, 0.15) is 0 Å². The van der Waals surface area contributed by atoms with Gasteiger partial charge in [-0.15, -0.1) is 0 Å². The van der Waals surface area contributed by atoms with E-state index in [1.54, 1.807) is 11.0 Å². The fourth-order valence-corrected chi connectivity index (χ4v) is 2.14. The summed E-state index contributed by atoms with van der Waals surface area (Å²) in [7, 11) is 0. The molecule has 0 saturated carbocycles. The van der Waals surface area contributed by atoms with E-state index in [4.69, 9.17) is 0 Å². The van der Waals surface area contributed by atoms with E-state index >= 15 is 0 Å². The highest BCUT2D eigenvalue weighted by atomic mass is 79.9. The van der Waals surface area contributed by atoms with Crippen molar-refractivity contribution in [3.05, 3.63) is 24.3 Å². The number of nitrogens with zero attached hydrogens (tertiary/aromatic N) is 1. The Morgan fingerprint density at radius 2 is 2.24 bits per heavy atom. The van der Waals surface area contributed by atoms with Gasteiger partial charge >= 0.3 is 0 Å². The van der Waals surface area contributed by atoms with Gasteiger partial charge < -0.3 is 10.2 Å². The van der Waals surface area contributed by atoms with E-state index in [0.717, 1.165) is 5.69 Å². The summed E-state index contributed by atoms with van der Waals surface area (Å²) in [5.41, 5.74) is 1.45. The summed E-state index contributed by atoms with van der Waals surface area (Å²) in [5.74, 6) is -0.312. The van der Waals surface area contributed by atoms with E-state index < -0.39 is 0 Å². The number of hydrogen-bond donors (Lipinski definition) is 1. The third-order valence-corrected chi connectivity index (χ3v) is 3.25. The first kappa shape index (κ1) is 12.1. The van der Waals surface area contributed by atoms with Crippen LogP contribution in [0.5, 0.6) is 0 Å². The quantitative estimate of drug-likeness (QED) is 0.806. The highest BCUT2D eigenvalue weighted by Gasteiger charge is 2.27. The molecule has 1 N–H and O–H groups in total. The SMILES string of the molecule is CC1CN(C(=O)CBr)c2ccccc2NC1=O. The van der Waals surface area contributed by atoms with Crippen molar-refractivity contribution >= 4 is 39.1 Å². The van der Waals surface area contributed by atoms with Crippen molar-refractivity contribution in [3.8, 4) is 0 Å². The highest BCUT2D eigenvalue weighted by Crippen LogP contribution is 2.29. The number of benzene rings is 1. The van der Waals surface area contributed by atoms with Crippen molar-refractivity contribution in [1.29, 1.82) is 0 Å². The average Bonchev–Trinajstić information content (AvgIpc) is 2.47. The molecule has 17 heavy (non-hydrogen) atoms. The molecule has 90 valence electrons. The largest absolute Gasteiger partial charge is 0.324 e. The van der Waals surface area contributed by atoms with Crippen LogP contribution in [0.4, 0.5) is 11.4 Å². The predicted octanol–water partition coefficient (Wildman–Crippen LogP) is 2.00. The lowest BCUT2D eigenvalue weighted by Gasteiger charge is -2.22. The van der Waals surface area contributed by atoms with E-state index in [-0.39, 0.29) is 23.1 Å². The van der Waals surface area contributed by atoms with Crippen LogP contribution in [-0.4, -0.2) is 23.7 Å². The number of amides is 2. The first-order valence-corrected chi connectivity index (χ1v) is 6.52. The zero-order valence-electron chi connectivity index (χ0n) is 9.44. The maximum atomic E-state index is 11.9. The summed E-state index contributed by atoms with van der Waals surface area (Å²) < 4.78 is 0. The topological polar surface area (TPSA) is 49.4 Å². The second-order valence-electron chi connectivity index (χ2n) is 4.05. The smallest absolute Gasteiger partial charge is 0.237 e. The number of rotatable bonds is 1. The minimum Gasteiger partial charge on any atom is -0.324 e. The summed E-state index contributed by atoms with van der Waals surface area (Å²) in [4.78, 5) is 25.3. The molecule has 0 fully saturated rings. The first-order valence-electron chi connectivity index (χ1n) is 5.39. The maximum Gasteiger partial charge on any atom is 0.237 e. The van der Waals surface area contributed by atoms with Gasteiger partial charge in [0.05, 0.1) is 22.6 Å². The van der Waals surface area contributed by atoms with Crippen molar-refractivity contribution in [3.63, 3.8) is 0 Å². The Kier molecular flexibility index (Phi) is 3.47. The second-order valence-corrected chi connectivity index (χ2v) is 4.61. The molecule has 1 heterocycles. The molecule has 0 bridgehead atoms. The van der Waals surface area contributed by atoms with E-state index in [0.29, 0.717) is 12.2 Å². The molecular weight excluding hydrogens is 284 g/mol. The fraction of sp³-hybridized carbons (Fsp3) is 0.333. The van der Waals surface area contributed by atoms with Gasteiger partial charge in [0.2, 0.25) is 11.8 Å². The Morgan fingerprint density at radius 1 is 1.53 bits per heavy atom. The van der Waals surface area contributed by atoms with Crippen LogP contribution in [-0.2, 0) is 9.59 Å². The monoisotopic (exact) mass is 296 g/mol. The minimum absolute atomic E-state index is 0.0409. The number of fused-ring (bicyclic) bond motifs is 1. The van der Waals surface area contributed by atoms with Gasteiger partial charge in [-0.3, -0.25) is 9.59 Å². The number of hydrogen-bond acceptors (Lipinski definition) is 2. The maximum absolute atomic E-state index is 11.9. The molecule has 1 atom stereocenters. The number of carbonyl (C=O) groups is 2. The molecule has 1 aliphatic heterocycles. The lowest BCUT2D eigenvalue weighted by atomic mass is 10.1. The lowest BCUT2D eigenvalue weighted by molar-refractivity contribution is -0.119. The molecule has 1 aromatic rings. The van der Waals surface area contributed by atoms with Gasteiger partial charge in [0.25, 0.3) is 0 Å². The molecule has 0 radical (unpaired) electrons. The lowest BCUT2D eigenvalue weighted by Crippen LogP contribution is -2.36. The molecule has 4 nitrogen and oxygen atoms in total. The fourth-order valence-electron chi connectivity index (χ4n) is 1.83. The van der Waals surface area contributed by atoms with Crippen molar-refractivity contribution < 1.29 is 9.59 Å². The standard InChI is InChI=1S/C12H13BrN2O2/c1-8-7-15(11(16)6-13)10-5-3-2-4-9(10)14-12(8)17/h2-5,8H,6-7H2,1H3,(H,14,17). The van der Waals surface area contributed by atoms with Crippen LogP contribution in [0.1, 0.15) is 6.92 Å². The third-order valence-electron chi connectivity index (χ3n) is 2.77. The Hall–Kier alpha value is -1.36. The van der Waals surface area contributed by atoms with Crippen molar-refractivity contribution in [1.82, 2.24) is 0 Å². The molecule has 5 heteroatoms. The summed E-state index contributed by atoms with van der Waals surface area (Å²) in [6.07, 6.45) is 0. The van der Waals surface area contributed by atoms with E-state index in [1.165, 1.54) is 0 Å². The van der Waals surface area contributed by atoms with Crippen molar-refractivity contribution in [2.45, 2.75) is 6.92 Å². The highest BCUT2D eigenvalue weighted by molar-refractivity contribution is 9.09. The van der Waals surface area contributed by atoms with E-state index in [1.807, 2.05) is 25.1 Å². The molecule has 2 rings (SSSR count). The van der Waals surface area contributed by atoms with Crippen LogP contribution in [0.25, 0.3) is 0 Å². The molecule has 0 spiro atoms. The normalized spacial score (nSPS) is 19.3. The van der Waals surface area contributed by atoms with Gasteiger partial charge in [-0.1, -0.05) is 35.0 Å². The number of nitrogens with one attached hydrogen (secondary N) is 1. The van der Waals surface area contributed by atoms with E-state index in [9.17, 15) is 9.59 Å². The molecular formula is C12H13BrN2O2. The number of para-hydroxylation sites is 2. The zero-order valence-corrected chi connectivity index (χ0v) is 11.0. The molecule has 1 unspecified atom stereocenters. The summed E-state index contributed by atoms with van der Waals surface area (Å²) in [6.45, 7) is 2.23.